The van der Waals surface area contributed by atoms with Crippen molar-refractivity contribution in [2.75, 3.05) is 7.11 Å². The maximum absolute atomic E-state index is 12.9. The molecule has 0 aromatic rings. The fourth-order valence-electron chi connectivity index (χ4n) is 1.76. The molecule has 0 saturated heterocycles. The van der Waals surface area contributed by atoms with Crippen LogP contribution in [-0.4, -0.2) is 13.2 Å². The standard InChI is InChI=1S/C9H16F2O/c1-7-3-5-8(6-4-7)9(10,11)12-2/h7-8H,3-6H2,1-2H3. The molecule has 72 valence electrons. The fraction of sp³-hybridized carbons (Fsp3) is 1.00. The van der Waals surface area contributed by atoms with Crippen LogP contribution in [0, 0.1) is 11.8 Å². The number of methoxy groups -OCH3 is 1. The van der Waals surface area contributed by atoms with Gasteiger partial charge >= 0.3 is 6.11 Å². The first-order chi connectivity index (χ1) is 5.56. The molecule has 0 radical (unpaired) electrons. The molecule has 0 aromatic carbocycles. The van der Waals surface area contributed by atoms with Crippen molar-refractivity contribution < 1.29 is 13.5 Å². The summed E-state index contributed by atoms with van der Waals surface area (Å²) in [5, 5.41) is 0. The van der Waals surface area contributed by atoms with Crippen LogP contribution in [0.2, 0.25) is 0 Å². The minimum Gasteiger partial charge on any atom is -0.324 e. The highest BCUT2D eigenvalue weighted by molar-refractivity contribution is 4.75. The summed E-state index contributed by atoms with van der Waals surface area (Å²) in [7, 11) is 1.08. The van der Waals surface area contributed by atoms with E-state index in [-0.39, 0.29) is 0 Å². The molecule has 1 aliphatic rings. The number of hydrogen-bond acceptors (Lipinski definition) is 1. The van der Waals surface area contributed by atoms with Gasteiger partial charge in [-0.2, -0.15) is 8.78 Å². The fourth-order valence-corrected chi connectivity index (χ4v) is 1.76. The van der Waals surface area contributed by atoms with E-state index in [4.69, 9.17) is 0 Å². The van der Waals surface area contributed by atoms with Gasteiger partial charge < -0.3 is 4.74 Å². The summed E-state index contributed by atoms with van der Waals surface area (Å²) in [5.41, 5.74) is 0. The molecule has 0 aliphatic heterocycles. The van der Waals surface area contributed by atoms with E-state index in [1.54, 1.807) is 0 Å². The topological polar surface area (TPSA) is 9.23 Å². The molecule has 1 rings (SSSR count). The summed E-state index contributed by atoms with van der Waals surface area (Å²) < 4.78 is 30.1. The molecular formula is C9H16F2O. The van der Waals surface area contributed by atoms with Gasteiger partial charge in [0.25, 0.3) is 0 Å². The van der Waals surface area contributed by atoms with Gasteiger partial charge in [0.2, 0.25) is 0 Å². The minimum absolute atomic E-state index is 0.557. The Kier molecular flexibility index (Phi) is 3.04. The molecule has 0 spiro atoms. The maximum Gasteiger partial charge on any atom is 0.358 e. The number of alkyl halides is 2. The lowest BCUT2D eigenvalue weighted by atomic mass is 9.82. The predicted molar refractivity (Wildman–Crippen MR) is 43.1 cm³/mol. The number of rotatable bonds is 2. The average Bonchev–Trinajstić information content (AvgIpc) is 2.05. The molecule has 3 heteroatoms. The molecule has 0 bridgehead atoms. The molecule has 1 saturated carbocycles. The van der Waals surface area contributed by atoms with Gasteiger partial charge in [-0.15, -0.1) is 0 Å². The Bertz CT molecular complexity index is 139. The van der Waals surface area contributed by atoms with Crippen molar-refractivity contribution in [1.29, 1.82) is 0 Å². The number of hydrogen-bond donors (Lipinski definition) is 0. The van der Waals surface area contributed by atoms with E-state index in [9.17, 15) is 8.78 Å². The normalized spacial score (nSPS) is 32.0. The van der Waals surface area contributed by atoms with Gasteiger partial charge in [-0.05, 0) is 18.8 Å². The zero-order chi connectivity index (χ0) is 9.19. The second-order valence-electron chi connectivity index (χ2n) is 3.72. The monoisotopic (exact) mass is 178 g/mol. The zero-order valence-corrected chi connectivity index (χ0v) is 7.65. The van der Waals surface area contributed by atoms with Crippen LogP contribution in [0.15, 0.2) is 0 Å². The predicted octanol–water partition coefficient (Wildman–Crippen LogP) is 3.05. The number of halogens is 2. The Hall–Kier alpha value is -0.180. The zero-order valence-electron chi connectivity index (χ0n) is 7.65. The molecule has 1 fully saturated rings. The highest BCUT2D eigenvalue weighted by Crippen LogP contribution is 2.38. The van der Waals surface area contributed by atoms with Crippen LogP contribution in [0.4, 0.5) is 8.78 Å². The third-order valence-corrected chi connectivity index (χ3v) is 2.76. The van der Waals surface area contributed by atoms with Crippen molar-refractivity contribution in [2.24, 2.45) is 11.8 Å². The summed E-state index contributed by atoms with van der Waals surface area (Å²) in [6.45, 7) is 2.11. The summed E-state index contributed by atoms with van der Waals surface area (Å²) in [5.74, 6) is 0.0487. The number of ether oxygens (including phenoxy) is 1. The van der Waals surface area contributed by atoms with Crippen molar-refractivity contribution in [3.05, 3.63) is 0 Å². The van der Waals surface area contributed by atoms with E-state index in [1.807, 2.05) is 0 Å². The van der Waals surface area contributed by atoms with Crippen LogP contribution in [0.5, 0.6) is 0 Å². The minimum atomic E-state index is -2.90. The Balaban J connectivity index is 2.44. The van der Waals surface area contributed by atoms with Crippen molar-refractivity contribution >= 4 is 0 Å². The molecule has 0 unspecified atom stereocenters. The van der Waals surface area contributed by atoms with Crippen molar-refractivity contribution in [1.82, 2.24) is 0 Å². The van der Waals surface area contributed by atoms with E-state index in [0.29, 0.717) is 18.8 Å². The van der Waals surface area contributed by atoms with Crippen molar-refractivity contribution in [3.63, 3.8) is 0 Å². The summed E-state index contributed by atoms with van der Waals surface area (Å²) >= 11 is 0. The van der Waals surface area contributed by atoms with Crippen LogP contribution in [0.3, 0.4) is 0 Å². The molecule has 0 atom stereocenters. The Morgan fingerprint density at radius 1 is 1.17 bits per heavy atom. The van der Waals surface area contributed by atoms with Crippen molar-refractivity contribution in [2.45, 2.75) is 38.7 Å². The third-order valence-electron chi connectivity index (χ3n) is 2.76. The molecule has 1 nitrogen and oxygen atoms in total. The first-order valence-corrected chi connectivity index (χ1v) is 4.49. The van der Waals surface area contributed by atoms with Gasteiger partial charge in [-0.25, -0.2) is 0 Å². The Morgan fingerprint density at radius 2 is 1.67 bits per heavy atom. The third kappa shape index (κ3) is 2.16. The van der Waals surface area contributed by atoms with E-state index >= 15 is 0 Å². The average molecular weight is 178 g/mol. The van der Waals surface area contributed by atoms with Crippen LogP contribution in [-0.2, 0) is 4.74 Å². The second-order valence-corrected chi connectivity index (χ2v) is 3.72. The van der Waals surface area contributed by atoms with Gasteiger partial charge in [-0.3, -0.25) is 0 Å². The molecule has 0 amide bonds. The highest BCUT2D eigenvalue weighted by atomic mass is 19.3. The summed E-state index contributed by atoms with van der Waals surface area (Å²) in [4.78, 5) is 0. The van der Waals surface area contributed by atoms with Crippen LogP contribution in [0.25, 0.3) is 0 Å². The van der Waals surface area contributed by atoms with Crippen molar-refractivity contribution in [3.8, 4) is 0 Å². The van der Waals surface area contributed by atoms with Crippen LogP contribution < -0.4 is 0 Å². The lowest BCUT2D eigenvalue weighted by Gasteiger charge is -2.30. The first kappa shape index (κ1) is 9.90. The second kappa shape index (κ2) is 3.69. The quantitative estimate of drug-likeness (QED) is 0.631. The van der Waals surface area contributed by atoms with E-state index < -0.39 is 12.0 Å². The van der Waals surface area contributed by atoms with Gasteiger partial charge in [0, 0.05) is 7.11 Å². The molecule has 0 N–H and O–H groups in total. The van der Waals surface area contributed by atoms with Crippen LogP contribution in [0.1, 0.15) is 32.6 Å². The molecule has 0 heterocycles. The smallest absolute Gasteiger partial charge is 0.324 e. The molecule has 0 aromatic heterocycles. The van der Waals surface area contributed by atoms with Gasteiger partial charge in [0.05, 0.1) is 5.92 Å². The molecule has 12 heavy (non-hydrogen) atoms. The molecular weight excluding hydrogens is 162 g/mol. The lowest BCUT2D eigenvalue weighted by molar-refractivity contribution is -0.262. The van der Waals surface area contributed by atoms with E-state index in [1.165, 1.54) is 0 Å². The summed E-state index contributed by atoms with van der Waals surface area (Å²) in [6.07, 6.45) is 0.109. The van der Waals surface area contributed by atoms with Gasteiger partial charge in [-0.1, -0.05) is 19.8 Å². The Morgan fingerprint density at radius 3 is 2.08 bits per heavy atom. The SMILES string of the molecule is COC(F)(F)C1CCC(C)CC1. The Labute approximate surface area is 72.1 Å². The van der Waals surface area contributed by atoms with Gasteiger partial charge in [0.1, 0.15) is 0 Å². The van der Waals surface area contributed by atoms with E-state index in [0.717, 1.165) is 20.0 Å². The van der Waals surface area contributed by atoms with Crippen LogP contribution >= 0.6 is 0 Å². The summed E-state index contributed by atoms with van der Waals surface area (Å²) in [6, 6.07) is 0. The molecule has 1 aliphatic carbocycles. The first-order valence-electron chi connectivity index (χ1n) is 4.49. The largest absolute Gasteiger partial charge is 0.358 e. The van der Waals surface area contributed by atoms with Gasteiger partial charge in [0.15, 0.2) is 0 Å². The highest BCUT2D eigenvalue weighted by Gasteiger charge is 2.40. The van der Waals surface area contributed by atoms with E-state index in [2.05, 4.69) is 11.7 Å². The maximum atomic E-state index is 12.9. The lowest BCUT2D eigenvalue weighted by Crippen LogP contribution is -2.33.